The van der Waals surface area contributed by atoms with Crippen LogP contribution < -0.4 is 5.32 Å². The lowest BCUT2D eigenvalue weighted by atomic mass is 10.1. The molecule has 1 saturated carbocycles. The third-order valence-electron chi connectivity index (χ3n) is 4.31. The molecule has 1 amide bonds. The smallest absolute Gasteiger partial charge is 0.268 e. The molecule has 1 atom stereocenters. The molecule has 3 rings (SSSR count). The van der Waals surface area contributed by atoms with Gasteiger partial charge in [0.25, 0.3) is 5.91 Å². The number of hydrogen-bond acceptors (Lipinski definition) is 2. The van der Waals surface area contributed by atoms with Crippen LogP contribution >= 0.6 is 0 Å². The molecule has 1 aromatic heterocycles. The van der Waals surface area contributed by atoms with Gasteiger partial charge in [0.15, 0.2) is 0 Å². The van der Waals surface area contributed by atoms with Crippen molar-refractivity contribution in [2.24, 2.45) is 5.92 Å². The second kappa shape index (κ2) is 5.90. The minimum absolute atomic E-state index is 0.0293. The van der Waals surface area contributed by atoms with E-state index in [1.807, 2.05) is 34.9 Å². The number of amides is 1. The van der Waals surface area contributed by atoms with Crippen LogP contribution in [0.1, 0.15) is 36.7 Å². The van der Waals surface area contributed by atoms with Crippen LogP contribution in [-0.2, 0) is 6.54 Å². The Morgan fingerprint density at radius 1 is 1.43 bits per heavy atom. The SMILES string of the molecule is CCn1c(C(=O)NC(CCO)C2CC2)cc2ccccc21. The normalized spacial score (nSPS) is 16.1. The fraction of sp³-hybridized carbons (Fsp3) is 0.471. The van der Waals surface area contributed by atoms with Crippen LogP contribution in [0, 0.1) is 5.92 Å². The van der Waals surface area contributed by atoms with E-state index < -0.39 is 0 Å². The van der Waals surface area contributed by atoms with Gasteiger partial charge >= 0.3 is 0 Å². The number of para-hydroxylation sites is 1. The number of rotatable bonds is 6. The first-order valence-electron chi connectivity index (χ1n) is 7.74. The molecule has 1 aliphatic rings. The molecule has 2 N–H and O–H groups in total. The molecular weight excluding hydrogens is 264 g/mol. The van der Waals surface area contributed by atoms with Gasteiger partial charge in [0.2, 0.25) is 0 Å². The zero-order chi connectivity index (χ0) is 14.8. The van der Waals surface area contributed by atoms with Gasteiger partial charge in [-0.3, -0.25) is 4.79 Å². The largest absolute Gasteiger partial charge is 0.396 e. The number of aliphatic hydroxyl groups excluding tert-OH is 1. The van der Waals surface area contributed by atoms with Crippen LogP contribution in [0.25, 0.3) is 10.9 Å². The molecular formula is C17H22N2O2. The van der Waals surface area contributed by atoms with Crippen molar-refractivity contribution in [1.82, 2.24) is 9.88 Å². The third kappa shape index (κ3) is 2.81. The number of aryl methyl sites for hydroxylation is 1. The Labute approximate surface area is 124 Å². The minimum Gasteiger partial charge on any atom is -0.396 e. The Kier molecular flexibility index (Phi) is 3.97. The number of aromatic nitrogens is 1. The number of nitrogens with zero attached hydrogens (tertiary/aromatic N) is 1. The number of fused-ring (bicyclic) bond motifs is 1. The second-order valence-corrected chi connectivity index (χ2v) is 5.76. The zero-order valence-corrected chi connectivity index (χ0v) is 12.4. The van der Waals surface area contributed by atoms with E-state index in [4.69, 9.17) is 5.11 Å². The number of carbonyl (C=O) groups excluding carboxylic acids is 1. The summed E-state index contributed by atoms with van der Waals surface area (Å²) in [5, 5.41) is 13.4. The van der Waals surface area contributed by atoms with Gasteiger partial charge in [-0.25, -0.2) is 0 Å². The monoisotopic (exact) mass is 286 g/mol. The molecule has 0 spiro atoms. The van der Waals surface area contributed by atoms with Gasteiger partial charge in [0, 0.05) is 30.1 Å². The standard InChI is InChI=1S/C17H22N2O2/c1-2-19-15-6-4-3-5-13(15)11-16(19)17(21)18-14(9-10-20)12-7-8-12/h3-6,11-12,14,20H,2,7-10H2,1H3,(H,18,21). The summed E-state index contributed by atoms with van der Waals surface area (Å²) < 4.78 is 2.05. The Morgan fingerprint density at radius 2 is 2.19 bits per heavy atom. The first-order chi connectivity index (χ1) is 10.2. The van der Waals surface area contributed by atoms with Gasteiger partial charge in [-0.05, 0) is 44.2 Å². The summed E-state index contributed by atoms with van der Waals surface area (Å²) in [6.07, 6.45) is 2.95. The van der Waals surface area contributed by atoms with Crippen molar-refractivity contribution in [3.05, 3.63) is 36.0 Å². The Bertz CT molecular complexity index is 643. The van der Waals surface area contributed by atoms with Crippen LogP contribution in [-0.4, -0.2) is 28.2 Å². The lowest BCUT2D eigenvalue weighted by Crippen LogP contribution is -2.38. The van der Waals surface area contributed by atoms with Crippen LogP contribution in [0.2, 0.25) is 0 Å². The Balaban J connectivity index is 1.86. The lowest BCUT2D eigenvalue weighted by Gasteiger charge is -2.17. The molecule has 1 fully saturated rings. The van der Waals surface area contributed by atoms with Crippen molar-refractivity contribution in [2.45, 2.75) is 38.8 Å². The van der Waals surface area contributed by atoms with Crippen molar-refractivity contribution >= 4 is 16.8 Å². The van der Waals surface area contributed by atoms with Crippen LogP contribution in [0.5, 0.6) is 0 Å². The maximum Gasteiger partial charge on any atom is 0.268 e. The summed E-state index contributed by atoms with van der Waals surface area (Å²) >= 11 is 0. The average molecular weight is 286 g/mol. The third-order valence-corrected chi connectivity index (χ3v) is 4.31. The topological polar surface area (TPSA) is 54.3 Å². The van der Waals surface area contributed by atoms with E-state index >= 15 is 0 Å². The highest BCUT2D eigenvalue weighted by Gasteiger charge is 2.32. The molecule has 112 valence electrons. The molecule has 1 unspecified atom stereocenters. The van der Waals surface area contributed by atoms with Gasteiger partial charge < -0.3 is 15.0 Å². The molecule has 21 heavy (non-hydrogen) atoms. The van der Waals surface area contributed by atoms with Gasteiger partial charge in [-0.1, -0.05) is 18.2 Å². The van der Waals surface area contributed by atoms with E-state index in [0.29, 0.717) is 18.0 Å². The van der Waals surface area contributed by atoms with E-state index in [9.17, 15) is 4.79 Å². The van der Waals surface area contributed by atoms with E-state index in [0.717, 1.165) is 30.3 Å². The summed E-state index contributed by atoms with van der Waals surface area (Å²) in [6.45, 7) is 2.94. The van der Waals surface area contributed by atoms with Gasteiger partial charge in [-0.15, -0.1) is 0 Å². The fourth-order valence-corrected chi connectivity index (χ4v) is 3.04. The summed E-state index contributed by atoms with van der Waals surface area (Å²) in [5.41, 5.74) is 1.80. The Hall–Kier alpha value is -1.81. The minimum atomic E-state index is -0.0293. The molecule has 0 aliphatic heterocycles. The highest BCUT2D eigenvalue weighted by molar-refractivity contribution is 5.98. The van der Waals surface area contributed by atoms with Gasteiger partial charge in [0.05, 0.1) is 0 Å². The highest BCUT2D eigenvalue weighted by atomic mass is 16.3. The summed E-state index contributed by atoms with van der Waals surface area (Å²) in [4.78, 5) is 12.6. The zero-order valence-electron chi connectivity index (χ0n) is 12.4. The van der Waals surface area contributed by atoms with E-state index in [2.05, 4.69) is 12.2 Å². The van der Waals surface area contributed by atoms with Crippen molar-refractivity contribution < 1.29 is 9.90 Å². The first kappa shape index (κ1) is 14.1. The molecule has 0 bridgehead atoms. The highest BCUT2D eigenvalue weighted by Crippen LogP contribution is 2.34. The lowest BCUT2D eigenvalue weighted by molar-refractivity contribution is 0.0915. The van der Waals surface area contributed by atoms with Crippen LogP contribution in [0.15, 0.2) is 30.3 Å². The number of nitrogens with one attached hydrogen (secondary N) is 1. The predicted molar refractivity (Wildman–Crippen MR) is 83.3 cm³/mol. The molecule has 4 nitrogen and oxygen atoms in total. The average Bonchev–Trinajstić information content (AvgIpc) is 3.26. The van der Waals surface area contributed by atoms with Gasteiger partial charge in [-0.2, -0.15) is 0 Å². The molecule has 1 heterocycles. The van der Waals surface area contributed by atoms with Crippen molar-refractivity contribution in [3.63, 3.8) is 0 Å². The number of carbonyl (C=O) groups is 1. The van der Waals surface area contributed by atoms with Crippen molar-refractivity contribution in [3.8, 4) is 0 Å². The number of aliphatic hydroxyl groups is 1. The number of benzene rings is 1. The maximum absolute atomic E-state index is 12.6. The molecule has 0 radical (unpaired) electrons. The first-order valence-corrected chi connectivity index (χ1v) is 7.74. The summed E-state index contributed by atoms with van der Waals surface area (Å²) in [7, 11) is 0. The quantitative estimate of drug-likeness (QED) is 0.857. The van der Waals surface area contributed by atoms with Crippen LogP contribution in [0.4, 0.5) is 0 Å². The van der Waals surface area contributed by atoms with Crippen LogP contribution in [0.3, 0.4) is 0 Å². The van der Waals surface area contributed by atoms with E-state index in [-0.39, 0.29) is 18.6 Å². The second-order valence-electron chi connectivity index (χ2n) is 5.76. The molecule has 2 aromatic rings. The summed E-state index contributed by atoms with van der Waals surface area (Å²) in [5.74, 6) is 0.513. The predicted octanol–water partition coefficient (Wildman–Crippen LogP) is 2.55. The van der Waals surface area contributed by atoms with Crippen molar-refractivity contribution in [1.29, 1.82) is 0 Å². The number of hydrogen-bond donors (Lipinski definition) is 2. The fourth-order valence-electron chi connectivity index (χ4n) is 3.04. The maximum atomic E-state index is 12.6. The summed E-state index contributed by atoms with van der Waals surface area (Å²) in [6, 6.07) is 10.1. The van der Waals surface area contributed by atoms with Crippen molar-refractivity contribution in [2.75, 3.05) is 6.61 Å². The van der Waals surface area contributed by atoms with Gasteiger partial charge in [0.1, 0.15) is 5.69 Å². The molecule has 1 aliphatic carbocycles. The molecule has 0 saturated heterocycles. The van der Waals surface area contributed by atoms with E-state index in [1.165, 1.54) is 0 Å². The Morgan fingerprint density at radius 3 is 2.86 bits per heavy atom. The molecule has 1 aromatic carbocycles. The van der Waals surface area contributed by atoms with E-state index in [1.54, 1.807) is 0 Å². The molecule has 4 heteroatoms.